The summed E-state index contributed by atoms with van der Waals surface area (Å²) >= 11 is 0. The molecule has 5 rings (SSSR count). The second kappa shape index (κ2) is 11.2. The Kier molecular flexibility index (Phi) is 7.58. The number of amides is 1. The fourth-order valence-electron chi connectivity index (χ4n) is 4.91. The van der Waals surface area contributed by atoms with Crippen LogP contribution < -0.4 is 9.64 Å². The van der Waals surface area contributed by atoms with E-state index in [4.69, 9.17) is 14.5 Å². The molecule has 0 saturated carbocycles. The molecule has 10 heteroatoms. The molecule has 3 aromatic heterocycles. The average molecular weight is 516 g/mol. The van der Waals surface area contributed by atoms with Crippen LogP contribution in [0.5, 0.6) is 5.75 Å². The Morgan fingerprint density at radius 3 is 2.79 bits per heavy atom. The SMILES string of the molecule is C=CC(C)C(=O)N1CCN(c2ccc(-c3cc(OC[C@H]4CN(C)CCO4)cn4ncc(C#N)c34)cn2)CC1. The van der Waals surface area contributed by atoms with Gasteiger partial charge < -0.3 is 24.2 Å². The van der Waals surface area contributed by atoms with Crippen LogP contribution in [0, 0.1) is 17.2 Å². The van der Waals surface area contributed by atoms with Crippen molar-refractivity contribution in [3.05, 3.63) is 55.0 Å². The van der Waals surface area contributed by atoms with E-state index >= 15 is 0 Å². The van der Waals surface area contributed by atoms with Crippen LogP contribution in [0.3, 0.4) is 0 Å². The number of fused-ring (bicyclic) bond motifs is 1. The van der Waals surface area contributed by atoms with E-state index in [-0.39, 0.29) is 17.9 Å². The molecule has 5 heterocycles. The Morgan fingerprint density at radius 2 is 2.11 bits per heavy atom. The number of nitrogens with zero attached hydrogens (tertiary/aromatic N) is 7. The van der Waals surface area contributed by atoms with Crippen LogP contribution in [0.15, 0.2) is 49.4 Å². The Labute approximate surface area is 222 Å². The topological polar surface area (TPSA) is 99.2 Å². The lowest BCUT2D eigenvalue weighted by molar-refractivity contribution is -0.133. The quantitative estimate of drug-likeness (QED) is 0.443. The van der Waals surface area contributed by atoms with Crippen molar-refractivity contribution in [3.63, 3.8) is 0 Å². The third-order valence-electron chi connectivity index (χ3n) is 7.20. The van der Waals surface area contributed by atoms with E-state index in [1.807, 2.05) is 36.2 Å². The summed E-state index contributed by atoms with van der Waals surface area (Å²) in [5.74, 6) is 1.45. The van der Waals surface area contributed by atoms with Gasteiger partial charge in [0, 0.05) is 56.6 Å². The number of nitriles is 1. The van der Waals surface area contributed by atoms with Gasteiger partial charge in [-0.3, -0.25) is 4.79 Å². The van der Waals surface area contributed by atoms with Crippen molar-refractivity contribution in [2.75, 3.05) is 64.4 Å². The molecule has 198 valence electrons. The smallest absolute Gasteiger partial charge is 0.229 e. The molecule has 2 aliphatic heterocycles. The normalized spacial score (nSPS) is 19.2. The van der Waals surface area contributed by atoms with Crippen molar-refractivity contribution in [1.29, 1.82) is 5.26 Å². The Balaban J connectivity index is 1.34. The van der Waals surface area contributed by atoms with Crippen LogP contribution in [-0.2, 0) is 9.53 Å². The highest BCUT2D eigenvalue weighted by atomic mass is 16.5. The molecule has 0 radical (unpaired) electrons. The molecule has 0 N–H and O–H groups in total. The number of likely N-dealkylation sites (N-methyl/N-ethyl adjacent to an activating group) is 1. The number of pyridine rings is 2. The Hall–Kier alpha value is -3.94. The van der Waals surface area contributed by atoms with Crippen molar-refractivity contribution in [3.8, 4) is 22.9 Å². The minimum absolute atomic E-state index is 0.00289. The first-order valence-corrected chi connectivity index (χ1v) is 12.9. The van der Waals surface area contributed by atoms with Crippen molar-refractivity contribution in [2.24, 2.45) is 5.92 Å². The van der Waals surface area contributed by atoms with Gasteiger partial charge in [0.2, 0.25) is 5.91 Å². The van der Waals surface area contributed by atoms with Gasteiger partial charge in [0.25, 0.3) is 0 Å². The number of hydrogen-bond acceptors (Lipinski definition) is 8. The van der Waals surface area contributed by atoms with E-state index in [0.717, 1.165) is 43.1 Å². The van der Waals surface area contributed by atoms with Gasteiger partial charge in [-0.15, -0.1) is 6.58 Å². The molecular formula is C28H33N7O3. The summed E-state index contributed by atoms with van der Waals surface area (Å²) < 4.78 is 13.6. The van der Waals surface area contributed by atoms with Gasteiger partial charge >= 0.3 is 0 Å². The van der Waals surface area contributed by atoms with Crippen LogP contribution in [0.1, 0.15) is 12.5 Å². The molecule has 1 amide bonds. The lowest BCUT2D eigenvalue weighted by Gasteiger charge is -2.36. The van der Waals surface area contributed by atoms with E-state index in [9.17, 15) is 10.1 Å². The van der Waals surface area contributed by atoms with E-state index in [1.165, 1.54) is 0 Å². The third kappa shape index (κ3) is 5.35. The number of ether oxygens (including phenoxy) is 2. The minimum Gasteiger partial charge on any atom is -0.489 e. The first kappa shape index (κ1) is 25.7. The zero-order chi connectivity index (χ0) is 26.6. The summed E-state index contributed by atoms with van der Waals surface area (Å²) in [6.07, 6.45) is 6.86. The molecule has 2 aliphatic rings. The van der Waals surface area contributed by atoms with Crippen LogP contribution >= 0.6 is 0 Å². The molecule has 1 unspecified atom stereocenters. The highest BCUT2D eigenvalue weighted by Crippen LogP contribution is 2.31. The van der Waals surface area contributed by atoms with E-state index in [1.54, 1.807) is 23.0 Å². The number of rotatable bonds is 7. The zero-order valence-electron chi connectivity index (χ0n) is 21.9. The van der Waals surface area contributed by atoms with Gasteiger partial charge in [-0.1, -0.05) is 13.0 Å². The predicted molar refractivity (Wildman–Crippen MR) is 144 cm³/mol. The van der Waals surface area contributed by atoms with E-state index < -0.39 is 0 Å². The zero-order valence-corrected chi connectivity index (χ0v) is 21.9. The van der Waals surface area contributed by atoms with Crippen molar-refractivity contribution < 1.29 is 14.3 Å². The van der Waals surface area contributed by atoms with Crippen molar-refractivity contribution >= 4 is 17.2 Å². The van der Waals surface area contributed by atoms with Crippen LogP contribution in [0.25, 0.3) is 16.6 Å². The van der Waals surface area contributed by atoms with Crippen molar-refractivity contribution in [2.45, 2.75) is 13.0 Å². The maximum Gasteiger partial charge on any atom is 0.229 e. The molecule has 10 nitrogen and oxygen atoms in total. The van der Waals surface area contributed by atoms with E-state index in [2.05, 4.69) is 34.6 Å². The highest BCUT2D eigenvalue weighted by Gasteiger charge is 2.24. The molecule has 2 fully saturated rings. The summed E-state index contributed by atoms with van der Waals surface area (Å²) in [6, 6.07) is 8.17. The number of carbonyl (C=O) groups excluding carboxylic acids is 1. The average Bonchev–Trinajstić information content (AvgIpc) is 3.38. The molecule has 3 aromatic rings. The maximum atomic E-state index is 12.5. The van der Waals surface area contributed by atoms with Crippen LogP contribution in [0.2, 0.25) is 0 Å². The van der Waals surface area contributed by atoms with Crippen molar-refractivity contribution in [1.82, 2.24) is 24.4 Å². The monoisotopic (exact) mass is 515 g/mol. The summed E-state index contributed by atoms with van der Waals surface area (Å²) in [5, 5.41) is 14.1. The summed E-state index contributed by atoms with van der Waals surface area (Å²) in [7, 11) is 2.08. The second-order valence-electron chi connectivity index (χ2n) is 9.86. The molecule has 2 atom stereocenters. The molecule has 0 aromatic carbocycles. The van der Waals surface area contributed by atoms with Crippen LogP contribution in [0.4, 0.5) is 5.82 Å². The molecule has 0 aliphatic carbocycles. The number of anilines is 1. The molecule has 2 saturated heterocycles. The molecular weight excluding hydrogens is 482 g/mol. The molecule has 0 spiro atoms. The van der Waals surface area contributed by atoms with Gasteiger partial charge in [-0.2, -0.15) is 10.4 Å². The Bertz CT molecular complexity index is 1340. The lowest BCUT2D eigenvalue weighted by atomic mass is 10.1. The molecule has 0 bridgehead atoms. The summed E-state index contributed by atoms with van der Waals surface area (Å²) in [4.78, 5) is 23.5. The summed E-state index contributed by atoms with van der Waals surface area (Å²) in [6.45, 7) is 11.2. The lowest BCUT2D eigenvalue weighted by Crippen LogP contribution is -2.50. The second-order valence-corrected chi connectivity index (χ2v) is 9.86. The predicted octanol–water partition coefficient (Wildman–Crippen LogP) is 2.45. The maximum absolute atomic E-state index is 12.5. The van der Waals surface area contributed by atoms with Gasteiger partial charge in [-0.05, 0) is 25.2 Å². The van der Waals surface area contributed by atoms with Gasteiger partial charge in [0.15, 0.2) is 0 Å². The fourth-order valence-corrected chi connectivity index (χ4v) is 4.91. The Morgan fingerprint density at radius 1 is 1.29 bits per heavy atom. The first-order valence-electron chi connectivity index (χ1n) is 12.9. The van der Waals surface area contributed by atoms with E-state index in [0.29, 0.717) is 43.1 Å². The van der Waals surface area contributed by atoms with Gasteiger partial charge in [0.1, 0.15) is 30.3 Å². The summed E-state index contributed by atoms with van der Waals surface area (Å²) in [5.41, 5.74) is 2.89. The number of hydrogen-bond donors (Lipinski definition) is 0. The minimum atomic E-state index is -0.172. The van der Waals surface area contributed by atoms with Crippen LogP contribution in [-0.4, -0.2) is 95.9 Å². The highest BCUT2D eigenvalue weighted by molar-refractivity contribution is 5.85. The number of piperazine rings is 1. The van der Waals surface area contributed by atoms with Gasteiger partial charge in [-0.25, -0.2) is 9.50 Å². The largest absolute Gasteiger partial charge is 0.489 e. The fraction of sp³-hybridized carbons (Fsp3) is 0.429. The number of carbonyl (C=O) groups is 1. The standard InChI is InChI=1S/C28H33N7O3/c1-4-20(2)28(36)34-9-7-33(8-10-34)26-6-5-21(15-30-26)25-13-23(18-35-27(25)22(14-29)16-31-35)38-19-24-17-32(3)11-12-37-24/h4-6,13,15-16,18,20,24H,1,7-12,17,19H2,2-3H3/t20?,24-/m1/s1. The molecule has 38 heavy (non-hydrogen) atoms. The first-order chi connectivity index (χ1) is 18.5. The number of aromatic nitrogens is 3. The number of morpholine rings is 1. The van der Waals surface area contributed by atoms with Gasteiger partial charge in [0.05, 0.1) is 36.0 Å². The third-order valence-corrected chi connectivity index (χ3v) is 7.20.